The van der Waals surface area contributed by atoms with E-state index in [1.807, 2.05) is 30.3 Å². The lowest BCUT2D eigenvalue weighted by Crippen LogP contribution is -2.09. The smallest absolute Gasteiger partial charge is 0.154 e. The molecule has 0 saturated carbocycles. The molecule has 0 radical (unpaired) electrons. The largest absolute Gasteiger partial charge is 0.337 e. The minimum Gasteiger partial charge on any atom is -0.337 e. The third-order valence-corrected chi connectivity index (χ3v) is 4.19. The first-order chi connectivity index (χ1) is 10.7. The fourth-order valence-electron chi connectivity index (χ4n) is 2.74. The number of aromatic amines is 1. The van der Waals surface area contributed by atoms with Gasteiger partial charge in [0.1, 0.15) is 5.71 Å². The molecule has 0 fully saturated rings. The molecule has 4 nitrogen and oxygen atoms in total. The van der Waals surface area contributed by atoms with E-state index in [0.717, 1.165) is 34.0 Å². The molecule has 0 aliphatic carbocycles. The Morgan fingerprint density at radius 3 is 2.77 bits per heavy atom. The Morgan fingerprint density at radius 2 is 1.95 bits per heavy atom. The zero-order valence-electron chi connectivity index (χ0n) is 12.1. The second-order valence-corrected chi connectivity index (χ2v) is 6.04. The highest BCUT2D eigenvalue weighted by molar-refractivity contribution is 6.30. The number of benzene rings is 2. The number of hydrazone groups is 1. The Morgan fingerprint density at radius 1 is 1.14 bits per heavy atom. The highest BCUT2D eigenvalue weighted by atomic mass is 35.5. The van der Waals surface area contributed by atoms with Gasteiger partial charge in [0.2, 0.25) is 0 Å². The molecule has 2 aromatic carbocycles. The summed E-state index contributed by atoms with van der Waals surface area (Å²) in [5.74, 6) is 0.838. The molecule has 3 aromatic rings. The summed E-state index contributed by atoms with van der Waals surface area (Å²) >= 11 is 5.94. The molecule has 1 aromatic heterocycles. The van der Waals surface area contributed by atoms with Crippen LogP contribution < -0.4 is 5.43 Å². The maximum absolute atomic E-state index is 5.94. The third-order valence-electron chi connectivity index (χ3n) is 3.94. The fourth-order valence-corrected chi connectivity index (χ4v) is 2.86. The van der Waals surface area contributed by atoms with E-state index >= 15 is 0 Å². The number of nitrogens with zero attached hydrogens (tertiary/aromatic N) is 2. The quantitative estimate of drug-likeness (QED) is 0.752. The number of fused-ring (bicyclic) bond motifs is 1. The third kappa shape index (κ3) is 2.35. The van der Waals surface area contributed by atoms with E-state index in [2.05, 4.69) is 39.6 Å². The summed E-state index contributed by atoms with van der Waals surface area (Å²) < 4.78 is 0. The normalized spacial score (nSPS) is 17.5. The number of imidazole rings is 1. The number of H-pyrrole nitrogens is 1. The first kappa shape index (κ1) is 13.3. The lowest BCUT2D eigenvalue weighted by Gasteiger charge is -2.09. The maximum Gasteiger partial charge on any atom is 0.154 e. The molecular weight excluding hydrogens is 296 g/mol. The fraction of sp³-hybridized carbons (Fsp3) is 0.176. The van der Waals surface area contributed by atoms with Crippen molar-refractivity contribution in [1.82, 2.24) is 15.4 Å². The molecule has 1 atom stereocenters. The average molecular weight is 311 g/mol. The molecule has 0 bridgehead atoms. The summed E-state index contributed by atoms with van der Waals surface area (Å²) in [5.41, 5.74) is 8.55. The lowest BCUT2D eigenvalue weighted by atomic mass is 10.0. The van der Waals surface area contributed by atoms with Crippen LogP contribution in [0, 0.1) is 6.92 Å². The molecule has 0 amide bonds. The van der Waals surface area contributed by atoms with E-state index in [1.54, 1.807) is 0 Å². The summed E-state index contributed by atoms with van der Waals surface area (Å²) in [6.07, 6.45) is 0.806. The molecule has 110 valence electrons. The van der Waals surface area contributed by atoms with Crippen molar-refractivity contribution in [3.05, 3.63) is 64.4 Å². The van der Waals surface area contributed by atoms with Gasteiger partial charge < -0.3 is 10.4 Å². The van der Waals surface area contributed by atoms with Crippen LogP contribution in [0.15, 0.2) is 47.6 Å². The standard InChI is InChI=1S/C17H15ClN4/c1-10-2-7-13-15(8-10)20-17(19-13)16-9-14(21-22-16)11-3-5-12(18)6-4-11/h2-8,14,21H,9H2,1H3,(H,19,20)/t14-/m1/s1. The van der Waals surface area contributed by atoms with Crippen molar-refractivity contribution in [2.24, 2.45) is 5.10 Å². The molecule has 5 heteroatoms. The van der Waals surface area contributed by atoms with Crippen LogP contribution >= 0.6 is 11.6 Å². The molecule has 0 saturated heterocycles. The number of hydrogen-bond acceptors (Lipinski definition) is 3. The van der Waals surface area contributed by atoms with Crippen molar-refractivity contribution in [1.29, 1.82) is 0 Å². The van der Waals surface area contributed by atoms with Gasteiger partial charge in [0.15, 0.2) is 5.82 Å². The lowest BCUT2D eigenvalue weighted by molar-refractivity contribution is 0.620. The SMILES string of the molecule is Cc1ccc2nc(C3=NN[C@@H](c4ccc(Cl)cc4)C3)[nH]c2c1. The van der Waals surface area contributed by atoms with Crippen molar-refractivity contribution in [2.75, 3.05) is 0 Å². The highest BCUT2D eigenvalue weighted by Crippen LogP contribution is 2.25. The highest BCUT2D eigenvalue weighted by Gasteiger charge is 2.23. The van der Waals surface area contributed by atoms with E-state index in [-0.39, 0.29) is 6.04 Å². The summed E-state index contributed by atoms with van der Waals surface area (Å²) in [6.45, 7) is 2.07. The Bertz CT molecular complexity index is 864. The van der Waals surface area contributed by atoms with E-state index in [4.69, 9.17) is 11.6 Å². The van der Waals surface area contributed by atoms with Crippen LogP contribution in [0.5, 0.6) is 0 Å². The molecule has 1 aliphatic heterocycles. The number of nitrogens with one attached hydrogen (secondary N) is 2. The van der Waals surface area contributed by atoms with Crippen molar-refractivity contribution in [3.63, 3.8) is 0 Å². The van der Waals surface area contributed by atoms with Crippen LogP contribution in [0.25, 0.3) is 11.0 Å². The Labute approximate surface area is 133 Å². The van der Waals surface area contributed by atoms with Crippen LogP contribution in [-0.4, -0.2) is 15.7 Å². The monoisotopic (exact) mass is 310 g/mol. The minimum atomic E-state index is 0.169. The van der Waals surface area contributed by atoms with E-state index < -0.39 is 0 Å². The van der Waals surface area contributed by atoms with Crippen LogP contribution in [-0.2, 0) is 0 Å². The minimum absolute atomic E-state index is 0.169. The summed E-state index contributed by atoms with van der Waals surface area (Å²) in [6, 6.07) is 14.2. The van der Waals surface area contributed by atoms with Gasteiger partial charge in [-0.3, -0.25) is 0 Å². The van der Waals surface area contributed by atoms with Crippen LogP contribution in [0.1, 0.15) is 29.4 Å². The molecule has 22 heavy (non-hydrogen) atoms. The predicted octanol–water partition coefficient (Wildman–Crippen LogP) is 3.96. The Balaban J connectivity index is 1.59. The van der Waals surface area contributed by atoms with Gasteiger partial charge in [-0.1, -0.05) is 29.8 Å². The average Bonchev–Trinajstić information content (AvgIpc) is 3.13. The molecule has 0 spiro atoms. The first-order valence-electron chi connectivity index (χ1n) is 7.23. The predicted molar refractivity (Wildman–Crippen MR) is 89.3 cm³/mol. The number of aromatic nitrogens is 2. The van der Waals surface area contributed by atoms with Crippen molar-refractivity contribution in [3.8, 4) is 0 Å². The zero-order chi connectivity index (χ0) is 15.1. The molecule has 2 N–H and O–H groups in total. The van der Waals surface area contributed by atoms with Crippen LogP contribution in [0.3, 0.4) is 0 Å². The molecule has 4 rings (SSSR count). The second-order valence-electron chi connectivity index (χ2n) is 5.60. The molecule has 2 heterocycles. The van der Waals surface area contributed by atoms with Gasteiger partial charge >= 0.3 is 0 Å². The van der Waals surface area contributed by atoms with Crippen LogP contribution in [0.4, 0.5) is 0 Å². The van der Waals surface area contributed by atoms with Crippen molar-refractivity contribution in [2.45, 2.75) is 19.4 Å². The molecular formula is C17H15ClN4. The van der Waals surface area contributed by atoms with E-state index in [1.165, 1.54) is 11.1 Å². The van der Waals surface area contributed by atoms with Gasteiger partial charge in [-0.25, -0.2) is 4.98 Å². The molecule has 1 aliphatic rings. The van der Waals surface area contributed by atoms with Gasteiger partial charge in [0.05, 0.1) is 17.1 Å². The topological polar surface area (TPSA) is 53.1 Å². The van der Waals surface area contributed by atoms with E-state index in [9.17, 15) is 0 Å². The maximum atomic E-state index is 5.94. The Kier molecular flexibility index (Phi) is 3.12. The van der Waals surface area contributed by atoms with Gasteiger partial charge in [0, 0.05) is 11.4 Å². The number of aryl methyl sites for hydroxylation is 1. The molecule has 0 unspecified atom stereocenters. The summed E-state index contributed by atoms with van der Waals surface area (Å²) in [5, 5.41) is 5.19. The number of hydrogen-bond donors (Lipinski definition) is 2. The van der Waals surface area contributed by atoms with Crippen LogP contribution in [0.2, 0.25) is 5.02 Å². The number of halogens is 1. The zero-order valence-corrected chi connectivity index (χ0v) is 12.9. The van der Waals surface area contributed by atoms with Crippen molar-refractivity contribution >= 4 is 28.3 Å². The summed E-state index contributed by atoms with van der Waals surface area (Å²) in [7, 11) is 0. The van der Waals surface area contributed by atoms with Gasteiger partial charge in [-0.15, -0.1) is 0 Å². The first-order valence-corrected chi connectivity index (χ1v) is 7.61. The van der Waals surface area contributed by atoms with Gasteiger partial charge in [0.25, 0.3) is 0 Å². The second kappa shape index (κ2) is 5.14. The van der Waals surface area contributed by atoms with Crippen molar-refractivity contribution < 1.29 is 0 Å². The number of rotatable bonds is 2. The van der Waals surface area contributed by atoms with Gasteiger partial charge in [-0.05, 0) is 42.3 Å². The van der Waals surface area contributed by atoms with E-state index in [0.29, 0.717) is 0 Å². The van der Waals surface area contributed by atoms with Gasteiger partial charge in [-0.2, -0.15) is 5.10 Å². The Hall–Kier alpha value is -2.33. The summed E-state index contributed by atoms with van der Waals surface area (Å²) in [4.78, 5) is 7.99.